The lowest BCUT2D eigenvalue weighted by molar-refractivity contribution is -0.116. The van der Waals surface area contributed by atoms with E-state index in [1.165, 1.54) is 17.4 Å². The number of methoxy groups -OCH3 is 1. The van der Waals surface area contributed by atoms with Gasteiger partial charge in [-0.25, -0.2) is 8.78 Å². The average molecular weight is 371 g/mol. The first-order valence-corrected chi connectivity index (χ1v) is 8.95. The lowest BCUT2D eigenvalue weighted by Crippen LogP contribution is -2.23. The fraction of sp³-hybridized carbons (Fsp3) is 0.150. The van der Waals surface area contributed by atoms with E-state index in [0.29, 0.717) is 5.69 Å². The molecule has 3 nitrogen and oxygen atoms in total. The van der Waals surface area contributed by atoms with E-state index in [1.54, 1.807) is 7.11 Å². The van der Waals surface area contributed by atoms with Crippen LogP contribution in [-0.4, -0.2) is 13.0 Å². The standard InChI is InChI=1S/C20H15F2NO2S/c1-25-13-5-2-11(3-6-13)16-10-26-20-15(9-18(24)23-19(16)20)14-8-12(21)4-7-17(14)22/h2-8,10,15H,9H2,1H3,(H,23,24)/t15-/m1/s1. The van der Waals surface area contributed by atoms with E-state index >= 15 is 0 Å². The number of anilines is 1. The molecule has 0 saturated carbocycles. The Hall–Kier alpha value is -2.73. The molecule has 2 aromatic carbocycles. The maximum atomic E-state index is 14.3. The Labute approximate surface area is 153 Å². The summed E-state index contributed by atoms with van der Waals surface area (Å²) in [6.45, 7) is 0. The van der Waals surface area contributed by atoms with Crippen LogP contribution in [0.25, 0.3) is 11.1 Å². The quantitative estimate of drug-likeness (QED) is 0.689. The number of hydrogen-bond donors (Lipinski definition) is 1. The molecule has 3 aromatic rings. The van der Waals surface area contributed by atoms with E-state index < -0.39 is 17.6 Å². The first kappa shape index (κ1) is 16.7. The summed E-state index contributed by atoms with van der Waals surface area (Å²) in [6, 6.07) is 10.9. The van der Waals surface area contributed by atoms with E-state index in [4.69, 9.17) is 4.74 Å². The minimum atomic E-state index is -0.513. The number of rotatable bonds is 3. The van der Waals surface area contributed by atoms with Crippen LogP contribution in [0.5, 0.6) is 5.75 Å². The van der Waals surface area contributed by atoms with Gasteiger partial charge in [0, 0.05) is 28.2 Å². The summed E-state index contributed by atoms with van der Waals surface area (Å²) in [6.07, 6.45) is 0.0932. The number of benzene rings is 2. The number of hydrogen-bond acceptors (Lipinski definition) is 3. The molecular weight excluding hydrogens is 356 g/mol. The van der Waals surface area contributed by atoms with Crippen LogP contribution < -0.4 is 10.1 Å². The monoisotopic (exact) mass is 371 g/mol. The molecule has 1 atom stereocenters. The summed E-state index contributed by atoms with van der Waals surface area (Å²) in [5, 5.41) is 4.83. The van der Waals surface area contributed by atoms with Crippen LogP contribution in [0.15, 0.2) is 47.8 Å². The van der Waals surface area contributed by atoms with Crippen molar-refractivity contribution in [3.63, 3.8) is 0 Å². The molecule has 26 heavy (non-hydrogen) atoms. The molecule has 4 rings (SSSR count). The Bertz CT molecular complexity index is 982. The van der Waals surface area contributed by atoms with Crippen LogP contribution >= 0.6 is 11.3 Å². The van der Waals surface area contributed by atoms with Crippen LogP contribution in [0.2, 0.25) is 0 Å². The normalized spacial score (nSPS) is 16.1. The molecule has 0 spiro atoms. The van der Waals surface area contributed by atoms with E-state index in [-0.39, 0.29) is 17.9 Å². The molecule has 6 heteroatoms. The average Bonchev–Trinajstić information content (AvgIpc) is 3.07. The van der Waals surface area contributed by atoms with Crippen molar-refractivity contribution < 1.29 is 18.3 Å². The number of ether oxygens (including phenoxy) is 1. The lowest BCUT2D eigenvalue weighted by atomic mass is 9.88. The molecule has 1 aromatic heterocycles. The minimum absolute atomic E-state index is 0.0932. The number of thiophene rings is 1. The Balaban J connectivity index is 1.81. The predicted octanol–water partition coefficient (Wildman–Crippen LogP) is 5.18. The van der Waals surface area contributed by atoms with Crippen LogP contribution in [0.3, 0.4) is 0 Å². The van der Waals surface area contributed by atoms with Crippen molar-refractivity contribution in [1.29, 1.82) is 0 Å². The van der Waals surface area contributed by atoms with Gasteiger partial charge in [-0.1, -0.05) is 12.1 Å². The second-order valence-electron chi connectivity index (χ2n) is 6.09. The topological polar surface area (TPSA) is 38.3 Å². The highest BCUT2D eigenvalue weighted by Crippen LogP contribution is 2.47. The molecule has 132 valence electrons. The smallest absolute Gasteiger partial charge is 0.225 e. The molecule has 0 unspecified atom stereocenters. The van der Waals surface area contributed by atoms with Gasteiger partial charge >= 0.3 is 0 Å². The molecule has 1 aliphatic heterocycles. The number of nitrogens with one attached hydrogen (secondary N) is 1. The summed E-state index contributed by atoms with van der Waals surface area (Å²) in [7, 11) is 1.60. The Morgan fingerprint density at radius 3 is 2.65 bits per heavy atom. The third-order valence-corrected chi connectivity index (χ3v) is 5.62. The Morgan fingerprint density at radius 2 is 1.92 bits per heavy atom. The minimum Gasteiger partial charge on any atom is -0.497 e. The second kappa shape index (κ2) is 6.53. The number of amides is 1. The molecule has 0 aliphatic carbocycles. The first-order valence-electron chi connectivity index (χ1n) is 8.07. The van der Waals surface area contributed by atoms with Crippen LogP contribution in [0, 0.1) is 11.6 Å². The number of carbonyl (C=O) groups excluding carboxylic acids is 1. The third kappa shape index (κ3) is 2.86. The molecule has 2 heterocycles. The van der Waals surface area contributed by atoms with Gasteiger partial charge in [-0.2, -0.15) is 0 Å². The van der Waals surface area contributed by atoms with Crippen LogP contribution in [-0.2, 0) is 4.79 Å². The molecule has 0 bridgehead atoms. The van der Waals surface area contributed by atoms with Crippen molar-refractivity contribution in [2.45, 2.75) is 12.3 Å². The fourth-order valence-corrected chi connectivity index (χ4v) is 4.39. The van der Waals surface area contributed by atoms with Gasteiger partial charge in [0.05, 0.1) is 12.8 Å². The summed E-state index contributed by atoms with van der Waals surface area (Å²) in [5.41, 5.74) is 2.67. The van der Waals surface area contributed by atoms with Gasteiger partial charge in [-0.05, 0) is 41.5 Å². The molecule has 1 N–H and O–H groups in total. The predicted molar refractivity (Wildman–Crippen MR) is 97.8 cm³/mol. The maximum Gasteiger partial charge on any atom is 0.225 e. The van der Waals surface area contributed by atoms with E-state index in [0.717, 1.165) is 33.9 Å². The zero-order valence-electron chi connectivity index (χ0n) is 13.9. The summed E-state index contributed by atoms with van der Waals surface area (Å²) in [4.78, 5) is 13.1. The highest BCUT2D eigenvalue weighted by atomic mass is 32.1. The number of fused-ring (bicyclic) bond motifs is 1. The van der Waals surface area contributed by atoms with Gasteiger partial charge in [0.1, 0.15) is 17.4 Å². The van der Waals surface area contributed by atoms with Gasteiger partial charge in [0.25, 0.3) is 0 Å². The zero-order valence-corrected chi connectivity index (χ0v) is 14.7. The fourth-order valence-electron chi connectivity index (χ4n) is 3.24. The van der Waals surface area contributed by atoms with Crippen molar-refractivity contribution in [2.75, 3.05) is 12.4 Å². The van der Waals surface area contributed by atoms with E-state index in [2.05, 4.69) is 5.32 Å². The lowest BCUT2D eigenvalue weighted by Gasteiger charge is -2.24. The summed E-state index contributed by atoms with van der Waals surface area (Å²) < 4.78 is 33.1. The molecule has 0 radical (unpaired) electrons. The Kier molecular flexibility index (Phi) is 4.20. The second-order valence-corrected chi connectivity index (χ2v) is 7.00. The molecular formula is C20H15F2NO2S. The number of halogens is 2. The Morgan fingerprint density at radius 1 is 1.15 bits per heavy atom. The summed E-state index contributed by atoms with van der Waals surface area (Å²) in [5.74, 6) is -0.982. The summed E-state index contributed by atoms with van der Waals surface area (Å²) >= 11 is 1.44. The highest BCUT2D eigenvalue weighted by molar-refractivity contribution is 7.11. The molecule has 1 aliphatic rings. The van der Waals surface area contributed by atoms with Gasteiger partial charge in [0.2, 0.25) is 5.91 Å². The van der Waals surface area contributed by atoms with Gasteiger partial charge in [-0.3, -0.25) is 4.79 Å². The van der Waals surface area contributed by atoms with Gasteiger partial charge < -0.3 is 10.1 Å². The zero-order chi connectivity index (χ0) is 18.3. The van der Waals surface area contributed by atoms with Crippen molar-refractivity contribution in [3.8, 4) is 16.9 Å². The molecule has 1 amide bonds. The van der Waals surface area contributed by atoms with E-state index in [9.17, 15) is 13.6 Å². The maximum absolute atomic E-state index is 14.3. The van der Waals surface area contributed by atoms with Crippen LogP contribution in [0.4, 0.5) is 14.5 Å². The van der Waals surface area contributed by atoms with Gasteiger partial charge in [-0.15, -0.1) is 11.3 Å². The largest absolute Gasteiger partial charge is 0.497 e. The van der Waals surface area contributed by atoms with Crippen molar-refractivity contribution in [2.24, 2.45) is 0 Å². The van der Waals surface area contributed by atoms with Crippen LogP contribution in [0.1, 0.15) is 22.8 Å². The molecule has 0 saturated heterocycles. The highest BCUT2D eigenvalue weighted by Gasteiger charge is 2.32. The van der Waals surface area contributed by atoms with Crippen molar-refractivity contribution in [3.05, 3.63) is 69.9 Å². The third-order valence-electron chi connectivity index (χ3n) is 4.52. The molecule has 0 fully saturated rings. The van der Waals surface area contributed by atoms with Gasteiger partial charge in [0.15, 0.2) is 0 Å². The number of carbonyl (C=O) groups is 1. The first-order chi connectivity index (χ1) is 12.6. The van der Waals surface area contributed by atoms with E-state index in [1.807, 2.05) is 29.6 Å². The SMILES string of the molecule is COc1ccc(-c2csc3c2NC(=O)C[C@@H]3c2cc(F)ccc2F)cc1. The van der Waals surface area contributed by atoms with Crippen molar-refractivity contribution in [1.82, 2.24) is 0 Å². The van der Waals surface area contributed by atoms with Crippen molar-refractivity contribution >= 4 is 22.9 Å².